The molecule has 0 spiro atoms. The minimum atomic E-state index is 0. The zero-order valence-electron chi connectivity index (χ0n) is 2.93. The van der Waals surface area contributed by atoms with Crippen LogP contribution in [-0.2, 0) is 19.5 Å². The molecule has 0 aromatic heterocycles. The fraction of sp³-hybridized carbons (Fsp3) is 0. The molecule has 6 heteroatoms. The number of halogens is 4. The van der Waals surface area contributed by atoms with E-state index in [0.717, 1.165) is 0 Å². The third-order valence-electron chi connectivity index (χ3n) is 0. The van der Waals surface area contributed by atoms with Crippen molar-refractivity contribution in [1.82, 2.24) is 0 Å². The van der Waals surface area contributed by atoms with E-state index in [-0.39, 0.29) is 87.2 Å². The Morgan fingerprint density at radius 3 is 0.500 bits per heavy atom. The molecule has 0 saturated heterocycles. The van der Waals surface area contributed by atoms with Crippen molar-refractivity contribution in [2.45, 2.75) is 0 Å². The Labute approximate surface area is 85.7 Å². The zero-order chi connectivity index (χ0) is 0. The van der Waals surface area contributed by atoms with E-state index in [9.17, 15) is 0 Å². The molecule has 0 N–H and O–H groups in total. The van der Waals surface area contributed by atoms with Gasteiger partial charge in [0, 0.05) is 0 Å². The molecule has 0 atom stereocenters. The van der Waals surface area contributed by atoms with Crippen molar-refractivity contribution in [2.24, 2.45) is 0 Å². The van der Waals surface area contributed by atoms with E-state index in [0.29, 0.717) is 0 Å². The summed E-state index contributed by atoms with van der Waals surface area (Å²) in [5.74, 6) is 0. The predicted molar refractivity (Wildman–Crippen MR) is 5.75 cm³/mol. The molecular weight excluding hydrogens is 279 g/mol. The van der Waals surface area contributed by atoms with Crippen LogP contribution in [0.1, 0.15) is 0 Å². The average molecular weight is 279 g/mol. The van der Waals surface area contributed by atoms with Gasteiger partial charge < -0.3 is 18.8 Å². The van der Waals surface area contributed by atoms with Crippen molar-refractivity contribution >= 4 is 48.9 Å². The molecule has 0 heterocycles. The molecule has 6 heavy (non-hydrogen) atoms. The van der Waals surface area contributed by atoms with Crippen LogP contribution >= 0.6 is 0 Å². The van der Waals surface area contributed by atoms with Gasteiger partial charge in [0.1, 0.15) is 0 Å². The van der Waals surface area contributed by atoms with Crippen LogP contribution in [-0.4, -0.2) is 48.9 Å². The van der Waals surface area contributed by atoms with E-state index < -0.39 is 0 Å². The minimum Gasteiger partial charge on any atom is -1.00 e. The first-order chi connectivity index (χ1) is 0. The van der Waals surface area contributed by atoms with Gasteiger partial charge in [-0.05, 0) is 0 Å². The standard InChI is InChI=1S/Ba.4FH.Zn/h;4*1H;/q+2;;;;;+2/p-4. The zero-order valence-corrected chi connectivity index (χ0v) is 10.3. The van der Waals surface area contributed by atoms with Crippen LogP contribution in [0, 0.1) is 0 Å². The van der Waals surface area contributed by atoms with Crippen LogP contribution < -0.4 is 18.8 Å². The van der Waals surface area contributed by atoms with E-state index in [1.54, 1.807) is 0 Å². The Morgan fingerprint density at radius 2 is 0.500 bits per heavy atom. The van der Waals surface area contributed by atoms with Crippen molar-refractivity contribution in [1.29, 1.82) is 0 Å². The summed E-state index contributed by atoms with van der Waals surface area (Å²) in [6, 6.07) is 0. The molecule has 0 bridgehead atoms. The van der Waals surface area contributed by atoms with Gasteiger partial charge in [0.05, 0.1) is 0 Å². The normalized spacial score (nSPS) is 0. The van der Waals surface area contributed by atoms with Crippen LogP contribution in [0.4, 0.5) is 0 Å². The number of hydrogen-bond donors (Lipinski definition) is 0. The van der Waals surface area contributed by atoms with E-state index in [1.807, 2.05) is 0 Å². The SMILES string of the molecule is [Ba+2].[F-].[F-].[F-].[F-].[Zn+2]. The van der Waals surface area contributed by atoms with Gasteiger partial charge in [-0.2, -0.15) is 0 Å². The second kappa shape index (κ2) is 66.0. The van der Waals surface area contributed by atoms with Crippen molar-refractivity contribution < 1.29 is 38.3 Å². The summed E-state index contributed by atoms with van der Waals surface area (Å²) in [7, 11) is 0. The van der Waals surface area contributed by atoms with E-state index in [1.165, 1.54) is 0 Å². The smallest absolute Gasteiger partial charge is 1.00 e. The molecule has 0 nitrogen and oxygen atoms in total. The third kappa shape index (κ3) is 39.0. The van der Waals surface area contributed by atoms with Crippen molar-refractivity contribution in [3.63, 3.8) is 0 Å². The summed E-state index contributed by atoms with van der Waals surface area (Å²) in [6.07, 6.45) is 0. The molecule has 0 fully saturated rings. The second-order valence-corrected chi connectivity index (χ2v) is 0. The van der Waals surface area contributed by atoms with Crippen molar-refractivity contribution in [3.8, 4) is 0 Å². The van der Waals surface area contributed by atoms with Crippen LogP contribution in [0.15, 0.2) is 0 Å². The molecule has 0 rings (SSSR count). The van der Waals surface area contributed by atoms with Gasteiger partial charge in [0.2, 0.25) is 0 Å². The van der Waals surface area contributed by atoms with E-state index in [4.69, 9.17) is 0 Å². The van der Waals surface area contributed by atoms with Gasteiger partial charge in [0.25, 0.3) is 0 Å². The van der Waals surface area contributed by atoms with E-state index in [2.05, 4.69) is 0 Å². The summed E-state index contributed by atoms with van der Waals surface area (Å²) in [4.78, 5) is 0. The Bertz CT molecular complexity index is 7.51. The van der Waals surface area contributed by atoms with Crippen molar-refractivity contribution in [2.75, 3.05) is 0 Å². The maximum absolute atomic E-state index is 0. The molecule has 0 aliphatic rings. The summed E-state index contributed by atoms with van der Waals surface area (Å²) in [6.45, 7) is 0. The molecule has 0 aliphatic heterocycles. The first-order valence-corrected chi connectivity index (χ1v) is 0. The summed E-state index contributed by atoms with van der Waals surface area (Å²) in [5.41, 5.74) is 0. The fourth-order valence-corrected chi connectivity index (χ4v) is 0. The number of rotatable bonds is 0. The molecule has 0 aromatic carbocycles. The Hall–Kier alpha value is 1.91. The minimum absolute atomic E-state index is 0. The molecule has 0 unspecified atom stereocenters. The van der Waals surface area contributed by atoms with E-state index >= 15 is 0 Å². The largest absolute Gasteiger partial charge is 2.00 e. The third-order valence-corrected chi connectivity index (χ3v) is 0. The van der Waals surface area contributed by atoms with Gasteiger partial charge in [-0.25, -0.2) is 0 Å². The van der Waals surface area contributed by atoms with Gasteiger partial charge >= 0.3 is 68.4 Å². The predicted octanol–water partition coefficient (Wildman–Crippen LogP) is -12.4. The first kappa shape index (κ1) is 103. The quantitative estimate of drug-likeness (QED) is 0.305. The molecule has 32 valence electrons. The second-order valence-electron chi connectivity index (χ2n) is 0. The van der Waals surface area contributed by atoms with Gasteiger partial charge in [0.15, 0.2) is 0 Å². The first-order valence-electron chi connectivity index (χ1n) is 0. The maximum atomic E-state index is 0. The molecule has 0 saturated carbocycles. The van der Waals surface area contributed by atoms with Gasteiger partial charge in [-0.3, -0.25) is 0 Å². The fourth-order valence-electron chi connectivity index (χ4n) is 0. The number of hydrogen-bond acceptors (Lipinski definition) is 0. The summed E-state index contributed by atoms with van der Waals surface area (Å²) in [5, 5.41) is 0. The van der Waals surface area contributed by atoms with Crippen LogP contribution in [0.5, 0.6) is 0 Å². The molecule has 0 aliphatic carbocycles. The molecule has 0 radical (unpaired) electrons. The maximum Gasteiger partial charge on any atom is 2.00 e. The van der Waals surface area contributed by atoms with Crippen LogP contribution in [0.2, 0.25) is 0 Å². The molecular formula is BaF4Zn. The molecule has 0 aromatic rings. The molecule has 0 amide bonds. The summed E-state index contributed by atoms with van der Waals surface area (Å²) < 4.78 is 0. The Balaban J connectivity index is 0. The topological polar surface area (TPSA) is 0 Å². The Morgan fingerprint density at radius 1 is 0.500 bits per heavy atom. The average Bonchev–Trinajstić information content (AvgIpc) is 0. The van der Waals surface area contributed by atoms with Gasteiger partial charge in [-0.1, -0.05) is 0 Å². The van der Waals surface area contributed by atoms with Crippen LogP contribution in [0.3, 0.4) is 0 Å². The van der Waals surface area contributed by atoms with Crippen LogP contribution in [0.25, 0.3) is 0 Å². The van der Waals surface area contributed by atoms with Crippen molar-refractivity contribution in [3.05, 3.63) is 0 Å². The van der Waals surface area contributed by atoms with Gasteiger partial charge in [-0.15, -0.1) is 0 Å². The Kier molecular flexibility index (Phi) is 1140. The monoisotopic (exact) mass is 278 g/mol. The summed E-state index contributed by atoms with van der Waals surface area (Å²) >= 11 is 0.